The van der Waals surface area contributed by atoms with Crippen LogP contribution in [0.15, 0.2) is 0 Å². The van der Waals surface area contributed by atoms with Crippen molar-refractivity contribution < 1.29 is 24.5 Å². The van der Waals surface area contributed by atoms with Crippen LogP contribution in [0.5, 0.6) is 0 Å². The molecule has 3 atom stereocenters. The number of hydrogen-bond acceptors (Lipinski definition) is 5. The van der Waals surface area contributed by atoms with Crippen molar-refractivity contribution in [1.82, 2.24) is 0 Å². The summed E-state index contributed by atoms with van der Waals surface area (Å²) in [6, 6.07) is 0. The molecule has 0 aromatic rings. The van der Waals surface area contributed by atoms with Crippen LogP contribution in [0, 0.1) is 5.92 Å². The van der Waals surface area contributed by atoms with E-state index >= 15 is 0 Å². The summed E-state index contributed by atoms with van der Waals surface area (Å²) in [6.07, 6.45) is 33.9. The number of rotatable bonds is 38. The molecular formula is C40H81NO5. The largest absolute Gasteiger partial charge is 0.394 e. The summed E-state index contributed by atoms with van der Waals surface area (Å²) >= 11 is 0. The van der Waals surface area contributed by atoms with Crippen LogP contribution in [0.1, 0.15) is 207 Å². The molecule has 6 nitrogen and oxygen atoms in total. The first-order valence-corrected chi connectivity index (χ1v) is 20.3. The number of aliphatic hydroxyl groups is 2. The Morgan fingerprint density at radius 3 is 1.41 bits per heavy atom. The molecule has 0 aromatic carbocycles. The first-order chi connectivity index (χ1) is 22.5. The van der Waals surface area contributed by atoms with Crippen molar-refractivity contribution in [2.24, 2.45) is 11.7 Å². The van der Waals surface area contributed by atoms with Crippen LogP contribution in [0.3, 0.4) is 0 Å². The average Bonchev–Trinajstić information content (AvgIpc) is 3.05. The van der Waals surface area contributed by atoms with Gasteiger partial charge in [-0.1, -0.05) is 168 Å². The number of primary amides is 1. The molecule has 0 aliphatic heterocycles. The van der Waals surface area contributed by atoms with Gasteiger partial charge in [0, 0.05) is 13.2 Å². The predicted molar refractivity (Wildman–Crippen MR) is 196 cm³/mol. The van der Waals surface area contributed by atoms with Gasteiger partial charge < -0.3 is 25.4 Å². The molecule has 1 amide bonds. The number of nitrogens with two attached hydrogens (primary N) is 1. The van der Waals surface area contributed by atoms with E-state index in [0.29, 0.717) is 19.4 Å². The van der Waals surface area contributed by atoms with Crippen molar-refractivity contribution in [1.29, 1.82) is 0 Å². The summed E-state index contributed by atoms with van der Waals surface area (Å²) in [5.74, 6) is -0.359. The number of amides is 1. The van der Waals surface area contributed by atoms with E-state index in [4.69, 9.17) is 15.2 Å². The van der Waals surface area contributed by atoms with Crippen molar-refractivity contribution in [3.63, 3.8) is 0 Å². The molecular weight excluding hydrogens is 574 g/mol. The number of unbranched alkanes of at least 4 members (excludes halogenated alkanes) is 21. The smallest absolute Gasteiger partial charge is 0.249 e. The van der Waals surface area contributed by atoms with Crippen molar-refractivity contribution in [3.8, 4) is 0 Å². The van der Waals surface area contributed by atoms with Crippen molar-refractivity contribution in [2.75, 3.05) is 26.4 Å². The van der Waals surface area contributed by atoms with E-state index in [1.807, 2.05) is 0 Å². The molecule has 0 aliphatic rings. The van der Waals surface area contributed by atoms with Crippen LogP contribution in [-0.2, 0) is 14.3 Å². The molecule has 0 aliphatic carbocycles. The SMILES string of the molecule is CCCCCCCCCCCCCCCCOCCCC(CCCCCCCCCCC)C(CCC)(OCCC(O)CO)C(N)=O. The van der Waals surface area contributed by atoms with Gasteiger partial charge in [0.05, 0.1) is 19.3 Å². The van der Waals surface area contributed by atoms with E-state index in [-0.39, 0.29) is 19.1 Å². The van der Waals surface area contributed by atoms with Crippen LogP contribution in [0.2, 0.25) is 0 Å². The third-order valence-corrected chi connectivity index (χ3v) is 9.86. The minimum Gasteiger partial charge on any atom is -0.394 e. The lowest BCUT2D eigenvalue weighted by atomic mass is 9.77. The average molecular weight is 656 g/mol. The summed E-state index contributed by atoms with van der Waals surface area (Å²) in [5.41, 5.74) is 5.05. The summed E-state index contributed by atoms with van der Waals surface area (Å²) in [6.45, 7) is 8.03. The second kappa shape index (κ2) is 34.2. The maximum Gasteiger partial charge on any atom is 0.249 e. The number of carbonyl (C=O) groups is 1. The van der Waals surface area contributed by atoms with Gasteiger partial charge >= 0.3 is 0 Å². The van der Waals surface area contributed by atoms with Crippen LogP contribution in [-0.4, -0.2) is 54.3 Å². The highest BCUT2D eigenvalue weighted by molar-refractivity contribution is 5.84. The molecule has 3 unspecified atom stereocenters. The van der Waals surface area contributed by atoms with Crippen LogP contribution >= 0.6 is 0 Å². The molecule has 0 saturated carbocycles. The van der Waals surface area contributed by atoms with Crippen LogP contribution in [0.25, 0.3) is 0 Å². The highest BCUT2D eigenvalue weighted by atomic mass is 16.5. The quantitative estimate of drug-likeness (QED) is 0.0575. The lowest BCUT2D eigenvalue weighted by Gasteiger charge is -2.39. The molecule has 0 bridgehead atoms. The van der Waals surface area contributed by atoms with Gasteiger partial charge in [0.15, 0.2) is 0 Å². The van der Waals surface area contributed by atoms with Crippen molar-refractivity contribution in [2.45, 2.75) is 219 Å². The van der Waals surface area contributed by atoms with Gasteiger partial charge in [0.2, 0.25) is 5.91 Å². The van der Waals surface area contributed by atoms with Gasteiger partial charge in [0.1, 0.15) is 5.60 Å². The molecule has 0 heterocycles. The summed E-state index contributed by atoms with van der Waals surface area (Å²) < 4.78 is 12.3. The summed E-state index contributed by atoms with van der Waals surface area (Å²) in [7, 11) is 0. The van der Waals surface area contributed by atoms with Gasteiger partial charge in [-0.05, 0) is 44.4 Å². The Labute approximate surface area is 286 Å². The Balaban J connectivity index is 4.48. The molecule has 276 valence electrons. The molecule has 0 radical (unpaired) electrons. The highest BCUT2D eigenvalue weighted by Gasteiger charge is 2.44. The Morgan fingerprint density at radius 1 is 0.565 bits per heavy atom. The third kappa shape index (κ3) is 25.3. The maximum absolute atomic E-state index is 13.0. The standard InChI is InChI=1S/C40H81NO5/c1-4-7-9-11-13-15-16-17-18-19-21-23-25-27-33-45-34-28-30-37(29-26-24-22-20-14-12-10-8-5-2)40(32-6-3,39(41)44)46-35-31-38(43)36-42/h37-38,42-43H,4-36H2,1-3H3,(H2,41,44). The van der Waals surface area contributed by atoms with E-state index in [0.717, 1.165) is 45.1 Å². The second-order valence-corrected chi connectivity index (χ2v) is 14.1. The van der Waals surface area contributed by atoms with Gasteiger partial charge in [-0.3, -0.25) is 4.79 Å². The van der Waals surface area contributed by atoms with Crippen molar-refractivity contribution >= 4 is 5.91 Å². The summed E-state index contributed by atoms with van der Waals surface area (Å²) in [4.78, 5) is 13.0. The normalized spacial score (nSPS) is 14.4. The topological polar surface area (TPSA) is 102 Å². The minimum atomic E-state index is -1.03. The highest BCUT2D eigenvalue weighted by Crippen LogP contribution is 2.35. The van der Waals surface area contributed by atoms with Gasteiger partial charge in [0.25, 0.3) is 0 Å². The molecule has 0 rings (SSSR count). The number of hydrogen-bond donors (Lipinski definition) is 3. The predicted octanol–water partition coefficient (Wildman–Crippen LogP) is 10.6. The van der Waals surface area contributed by atoms with Crippen LogP contribution < -0.4 is 5.73 Å². The van der Waals surface area contributed by atoms with E-state index in [1.165, 1.54) is 135 Å². The Bertz CT molecular complexity index is 633. The molecule has 0 fully saturated rings. The molecule has 0 aromatic heterocycles. The fourth-order valence-corrected chi connectivity index (χ4v) is 6.87. The second-order valence-electron chi connectivity index (χ2n) is 14.1. The maximum atomic E-state index is 13.0. The Kier molecular flexibility index (Phi) is 33.7. The Morgan fingerprint density at radius 2 is 0.978 bits per heavy atom. The van der Waals surface area contributed by atoms with E-state index < -0.39 is 17.6 Å². The zero-order valence-corrected chi connectivity index (χ0v) is 31.2. The van der Waals surface area contributed by atoms with Gasteiger partial charge in [-0.2, -0.15) is 0 Å². The molecule has 4 N–H and O–H groups in total. The zero-order valence-electron chi connectivity index (χ0n) is 31.2. The van der Waals surface area contributed by atoms with E-state index in [9.17, 15) is 15.0 Å². The first kappa shape index (κ1) is 45.3. The fourth-order valence-electron chi connectivity index (χ4n) is 6.87. The zero-order chi connectivity index (χ0) is 34.0. The number of ether oxygens (including phenoxy) is 2. The lowest BCUT2D eigenvalue weighted by Crippen LogP contribution is -2.52. The van der Waals surface area contributed by atoms with E-state index in [1.54, 1.807) is 0 Å². The molecule has 0 spiro atoms. The monoisotopic (exact) mass is 656 g/mol. The minimum absolute atomic E-state index is 0.0328. The lowest BCUT2D eigenvalue weighted by molar-refractivity contribution is -0.158. The molecule has 6 heteroatoms. The third-order valence-electron chi connectivity index (χ3n) is 9.86. The van der Waals surface area contributed by atoms with Gasteiger partial charge in [-0.25, -0.2) is 0 Å². The van der Waals surface area contributed by atoms with Crippen molar-refractivity contribution in [3.05, 3.63) is 0 Å². The number of carbonyl (C=O) groups excluding carboxylic acids is 1. The number of aliphatic hydroxyl groups excluding tert-OH is 2. The van der Waals surface area contributed by atoms with Gasteiger partial charge in [-0.15, -0.1) is 0 Å². The molecule has 46 heavy (non-hydrogen) atoms. The molecule has 0 saturated heterocycles. The summed E-state index contributed by atoms with van der Waals surface area (Å²) in [5, 5.41) is 19.1. The fraction of sp³-hybridized carbons (Fsp3) is 0.975. The Hall–Kier alpha value is -0.690. The first-order valence-electron chi connectivity index (χ1n) is 20.3. The van der Waals surface area contributed by atoms with E-state index in [2.05, 4.69) is 20.8 Å². The van der Waals surface area contributed by atoms with Crippen LogP contribution in [0.4, 0.5) is 0 Å².